The van der Waals surface area contributed by atoms with E-state index in [0.29, 0.717) is 23.7 Å². The second kappa shape index (κ2) is 7.32. The summed E-state index contributed by atoms with van der Waals surface area (Å²) in [5.74, 6) is 1.05. The smallest absolute Gasteiger partial charge is 0.255 e. The van der Waals surface area contributed by atoms with Gasteiger partial charge in [-0.15, -0.1) is 0 Å². The first kappa shape index (κ1) is 16.9. The fourth-order valence-corrected chi connectivity index (χ4v) is 2.71. The van der Waals surface area contributed by atoms with Gasteiger partial charge >= 0.3 is 0 Å². The Kier molecular flexibility index (Phi) is 5.16. The van der Waals surface area contributed by atoms with Crippen molar-refractivity contribution >= 4 is 27.5 Å². The van der Waals surface area contributed by atoms with Gasteiger partial charge in [-0.2, -0.15) is 4.98 Å². The highest BCUT2D eigenvalue weighted by Crippen LogP contribution is 2.13. The van der Waals surface area contributed by atoms with Gasteiger partial charge in [0.05, 0.1) is 0 Å². The van der Waals surface area contributed by atoms with Crippen LogP contribution in [0.4, 0.5) is 0 Å². The molecule has 2 heterocycles. The summed E-state index contributed by atoms with van der Waals surface area (Å²) in [6, 6.07) is 9.51. The Hall–Kier alpha value is -1.92. The highest BCUT2D eigenvalue weighted by Gasteiger charge is 2.10. The van der Waals surface area contributed by atoms with E-state index in [9.17, 15) is 4.79 Å². The molecule has 0 fully saturated rings. The van der Waals surface area contributed by atoms with Crippen molar-refractivity contribution in [1.82, 2.24) is 14.7 Å². The van der Waals surface area contributed by atoms with Gasteiger partial charge in [-0.3, -0.25) is 4.79 Å². The lowest BCUT2D eigenvalue weighted by Gasteiger charge is -2.04. The van der Waals surface area contributed by atoms with Crippen molar-refractivity contribution in [2.75, 3.05) is 0 Å². The molecule has 3 rings (SSSR count). The van der Waals surface area contributed by atoms with E-state index in [4.69, 9.17) is 16.1 Å². The molecule has 0 aliphatic rings. The van der Waals surface area contributed by atoms with Gasteiger partial charge in [-0.1, -0.05) is 44.8 Å². The molecule has 24 heavy (non-hydrogen) atoms. The van der Waals surface area contributed by atoms with Crippen LogP contribution in [-0.4, -0.2) is 14.7 Å². The second-order valence-electron chi connectivity index (χ2n) is 5.45. The molecule has 0 aliphatic carbocycles. The quantitative estimate of drug-likeness (QED) is 0.644. The van der Waals surface area contributed by atoms with E-state index in [-0.39, 0.29) is 12.1 Å². The maximum absolute atomic E-state index is 12.2. The predicted molar refractivity (Wildman–Crippen MR) is 95.4 cm³/mol. The molecule has 0 unspecified atom stereocenters. The van der Waals surface area contributed by atoms with E-state index in [2.05, 4.69) is 26.1 Å². The Morgan fingerprint density at radius 2 is 1.96 bits per heavy atom. The molecule has 0 atom stereocenters. The molecule has 7 heteroatoms. The number of nitrogens with zero attached hydrogens (tertiary/aromatic N) is 3. The van der Waals surface area contributed by atoms with Crippen LogP contribution in [0.1, 0.15) is 22.8 Å². The summed E-state index contributed by atoms with van der Waals surface area (Å²) in [7, 11) is 0. The van der Waals surface area contributed by atoms with E-state index in [1.807, 2.05) is 30.3 Å². The zero-order chi connectivity index (χ0) is 17.1. The number of hydrogen-bond acceptors (Lipinski definition) is 4. The van der Waals surface area contributed by atoms with Crippen molar-refractivity contribution in [1.29, 1.82) is 0 Å². The average molecular weight is 409 g/mol. The first-order chi connectivity index (χ1) is 11.5. The van der Waals surface area contributed by atoms with Gasteiger partial charge in [0.1, 0.15) is 6.54 Å². The lowest BCUT2D eigenvalue weighted by Crippen LogP contribution is -2.22. The molecule has 0 amide bonds. The fourth-order valence-electron chi connectivity index (χ4n) is 2.30. The molecule has 5 nitrogen and oxygen atoms in total. The van der Waals surface area contributed by atoms with Gasteiger partial charge in [0.2, 0.25) is 5.89 Å². The van der Waals surface area contributed by atoms with Crippen molar-refractivity contribution < 1.29 is 4.52 Å². The highest BCUT2D eigenvalue weighted by molar-refractivity contribution is 9.10. The number of aromatic nitrogens is 3. The van der Waals surface area contributed by atoms with E-state index in [1.54, 1.807) is 17.7 Å². The normalized spacial score (nSPS) is 11.0. The minimum absolute atomic E-state index is 0.0784. The number of pyridine rings is 1. The van der Waals surface area contributed by atoms with Crippen LogP contribution in [0.3, 0.4) is 0 Å². The van der Waals surface area contributed by atoms with Crippen LogP contribution in [0.5, 0.6) is 0 Å². The summed E-state index contributed by atoms with van der Waals surface area (Å²) >= 11 is 9.22. The molecule has 0 saturated heterocycles. The molecule has 0 saturated carbocycles. The molecule has 2 aromatic heterocycles. The van der Waals surface area contributed by atoms with Crippen LogP contribution in [0.25, 0.3) is 0 Å². The van der Waals surface area contributed by atoms with Crippen LogP contribution in [0.2, 0.25) is 5.02 Å². The summed E-state index contributed by atoms with van der Waals surface area (Å²) in [6.45, 7) is 2.04. The van der Waals surface area contributed by atoms with E-state index in [0.717, 1.165) is 21.5 Å². The zero-order valence-corrected chi connectivity index (χ0v) is 15.3. The number of halogens is 2. The van der Waals surface area contributed by atoms with Crippen molar-refractivity contribution in [3.63, 3.8) is 0 Å². The minimum atomic E-state index is -0.0784. The van der Waals surface area contributed by atoms with E-state index >= 15 is 0 Å². The molecule has 0 bridgehead atoms. The van der Waals surface area contributed by atoms with E-state index in [1.165, 1.54) is 0 Å². The molecular formula is C17H15BrClN3O2. The Morgan fingerprint density at radius 1 is 1.21 bits per heavy atom. The molecule has 0 radical (unpaired) electrons. The van der Waals surface area contributed by atoms with Crippen molar-refractivity contribution in [2.45, 2.75) is 26.3 Å². The van der Waals surface area contributed by atoms with E-state index < -0.39 is 0 Å². The van der Waals surface area contributed by atoms with Crippen LogP contribution in [0, 0.1) is 6.92 Å². The van der Waals surface area contributed by atoms with Crippen molar-refractivity contribution in [3.8, 4) is 0 Å². The largest absolute Gasteiger partial charge is 0.337 e. The van der Waals surface area contributed by atoms with Gasteiger partial charge in [0.15, 0.2) is 5.82 Å². The van der Waals surface area contributed by atoms with Crippen molar-refractivity contribution in [2.24, 2.45) is 0 Å². The first-order valence-electron chi connectivity index (χ1n) is 7.44. The van der Waals surface area contributed by atoms with Crippen LogP contribution < -0.4 is 5.56 Å². The summed E-state index contributed by atoms with van der Waals surface area (Å²) in [5, 5.41) is 4.70. The number of rotatable bonds is 5. The molecule has 1 aromatic carbocycles. The maximum Gasteiger partial charge on any atom is 0.255 e. The standard InChI is InChI=1S/C17H15BrClN3O2/c1-11-14(18)8-9-22(17(11)23)10-16-20-15(21-24-16)7-4-12-2-5-13(19)6-3-12/h2-3,5-6,8-9H,4,7,10H2,1H3. The topological polar surface area (TPSA) is 60.9 Å². The number of benzene rings is 1. The first-order valence-corrected chi connectivity index (χ1v) is 8.61. The summed E-state index contributed by atoms with van der Waals surface area (Å²) in [6.07, 6.45) is 3.17. The third-order valence-corrected chi connectivity index (χ3v) is 4.82. The lowest BCUT2D eigenvalue weighted by molar-refractivity contribution is 0.364. The summed E-state index contributed by atoms with van der Waals surface area (Å²) in [5.41, 5.74) is 1.73. The van der Waals surface area contributed by atoms with Gasteiger partial charge in [-0.25, -0.2) is 0 Å². The third kappa shape index (κ3) is 3.94. The number of aryl methyl sites for hydroxylation is 2. The van der Waals surface area contributed by atoms with Gasteiger partial charge < -0.3 is 9.09 Å². The Labute approximate surface area is 152 Å². The Bertz CT molecular complexity index is 903. The Balaban J connectivity index is 1.66. The van der Waals surface area contributed by atoms with Crippen LogP contribution >= 0.6 is 27.5 Å². The monoisotopic (exact) mass is 407 g/mol. The average Bonchev–Trinajstić information content (AvgIpc) is 3.02. The van der Waals surface area contributed by atoms with Crippen LogP contribution in [0.15, 0.2) is 50.3 Å². The Morgan fingerprint density at radius 3 is 2.71 bits per heavy atom. The molecule has 3 aromatic rings. The minimum Gasteiger partial charge on any atom is -0.337 e. The summed E-state index contributed by atoms with van der Waals surface area (Å²) < 4.78 is 7.59. The van der Waals surface area contributed by atoms with Gasteiger partial charge in [-0.05, 0) is 37.1 Å². The number of hydrogen-bond donors (Lipinski definition) is 0. The molecule has 0 aliphatic heterocycles. The van der Waals surface area contributed by atoms with Crippen LogP contribution in [-0.2, 0) is 19.4 Å². The predicted octanol–water partition coefficient (Wildman–Crippen LogP) is 3.79. The van der Waals surface area contributed by atoms with Crippen molar-refractivity contribution in [3.05, 3.63) is 79.2 Å². The molecule has 124 valence electrons. The maximum atomic E-state index is 12.2. The summed E-state index contributed by atoms with van der Waals surface area (Å²) in [4.78, 5) is 16.5. The van der Waals surface area contributed by atoms with Gasteiger partial charge in [0.25, 0.3) is 5.56 Å². The zero-order valence-electron chi connectivity index (χ0n) is 13.0. The molecular weight excluding hydrogens is 394 g/mol. The highest BCUT2D eigenvalue weighted by atomic mass is 79.9. The molecule has 0 spiro atoms. The third-order valence-electron chi connectivity index (χ3n) is 3.71. The van der Waals surface area contributed by atoms with Gasteiger partial charge in [0, 0.05) is 27.7 Å². The lowest BCUT2D eigenvalue weighted by atomic mass is 10.1. The fraction of sp³-hybridized carbons (Fsp3) is 0.235. The molecule has 0 N–H and O–H groups in total. The second-order valence-corrected chi connectivity index (χ2v) is 6.74. The SMILES string of the molecule is Cc1c(Br)ccn(Cc2nc(CCc3ccc(Cl)cc3)no2)c1=O.